The van der Waals surface area contributed by atoms with Crippen molar-refractivity contribution in [2.24, 2.45) is 5.73 Å². The van der Waals surface area contributed by atoms with Gasteiger partial charge in [-0.3, -0.25) is 4.79 Å². The Bertz CT molecular complexity index is 437. The van der Waals surface area contributed by atoms with Gasteiger partial charge in [0.2, 0.25) is 0 Å². The van der Waals surface area contributed by atoms with Crippen molar-refractivity contribution in [1.82, 2.24) is 4.98 Å². The summed E-state index contributed by atoms with van der Waals surface area (Å²) in [4.78, 5) is 15.6. The number of hydrogen-bond donors (Lipinski definition) is 1. The highest BCUT2D eigenvalue weighted by molar-refractivity contribution is 6.32. The van der Waals surface area contributed by atoms with Gasteiger partial charge in [-0.05, 0) is 31.0 Å². The molecule has 20 heavy (non-hydrogen) atoms. The molecule has 0 radical (unpaired) electrons. The van der Waals surface area contributed by atoms with Crippen LogP contribution < -0.4 is 5.73 Å². The zero-order chi connectivity index (χ0) is 15.1. The van der Waals surface area contributed by atoms with Crippen LogP contribution in [0.2, 0.25) is 10.3 Å². The van der Waals surface area contributed by atoms with E-state index in [1.807, 2.05) is 6.92 Å². The maximum atomic E-state index is 11.8. The third-order valence-corrected chi connectivity index (χ3v) is 2.95. The Morgan fingerprint density at radius 1 is 1.40 bits per heavy atom. The van der Waals surface area contributed by atoms with E-state index in [4.69, 9.17) is 38.4 Å². The van der Waals surface area contributed by atoms with Crippen molar-refractivity contribution in [1.29, 1.82) is 0 Å². The summed E-state index contributed by atoms with van der Waals surface area (Å²) in [7, 11) is 0. The Morgan fingerprint density at radius 3 is 2.55 bits per heavy atom. The van der Waals surface area contributed by atoms with Crippen molar-refractivity contribution in [3.05, 3.63) is 28.0 Å². The van der Waals surface area contributed by atoms with Gasteiger partial charge in [-0.15, -0.1) is 0 Å². The van der Waals surface area contributed by atoms with E-state index in [-0.39, 0.29) is 16.9 Å². The number of hydrogen-bond acceptors (Lipinski definition) is 5. The van der Waals surface area contributed by atoms with Crippen LogP contribution in [0.5, 0.6) is 0 Å². The van der Waals surface area contributed by atoms with Gasteiger partial charge in [0.05, 0.1) is 6.10 Å². The summed E-state index contributed by atoms with van der Waals surface area (Å²) in [6.45, 7) is 4.31. The number of pyridine rings is 1. The molecule has 1 rings (SSSR count). The number of halogens is 2. The molecular weight excluding hydrogens is 303 g/mol. The second-order valence-corrected chi connectivity index (χ2v) is 5.10. The fourth-order valence-electron chi connectivity index (χ4n) is 1.45. The van der Waals surface area contributed by atoms with Gasteiger partial charge in [-0.1, -0.05) is 30.1 Å². The van der Waals surface area contributed by atoms with Crippen LogP contribution in [0.4, 0.5) is 0 Å². The van der Waals surface area contributed by atoms with E-state index in [0.717, 1.165) is 6.42 Å². The number of carbonyl (C=O) groups excluding carboxylic acids is 1. The van der Waals surface area contributed by atoms with Crippen LogP contribution in [0.1, 0.15) is 25.8 Å². The van der Waals surface area contributed by atoms with Gasteiger partial charge in [0.15, 0.2) is 0 Å². The van der Waals surface area contributed by atoms with Gasteiger partial charge in [0, 0.05) is 6.61 Å². The predicted molar refractivity (Wildman–Crippen MR) is 77.7 cm³/mol. The van der Waals surface area contributed by atoms with Crippen molar-refractivity contribution in [3.8, 4) is 0 Å². The number of aromatic nitrogens is 1. The molecule has 0 aliphatic heterocycles. The number of carbonyl (C=O) groups is 1. The summed E-state index contributed by atoms with van der Waals surface area (Å²) in [5.41, 5.74) is 6.41. The standard InChI is InChI=1S/C13H18Cl2N2O3/c1-3-4-19-8(2)12(16)13(18)20-7-9-5-10(14)17-11(15)6-9/h5-6,8,12H,3-4,7,16H2,1-2H3/t8-,12+/m1/s1. The lowest BCUT2D eigenvalue weighted by atomic mass is 10.2. The van der Waals surface area contributed by atoms with Crippen molar-refractivity contribution in [2.75, 3.05) is 6.61 Å². The number of ether oxygens (including phenoxy) is 2. The lowest BCUT2D eigenvalue weighted by Crippen LogP contribution is -2.43. The van der Waals surface area contributed by atoms with Crippen LogP contribution in [0.15, 0.2) is 12.1 Å². The summed E-state index contributed by atoms with van der Waals surface area (Å²) in [6.07, 6.45) is 0.465. The molecule has 0 aliphatic carbocycles. The van der Waals surface area contributed by atoms with E-state index in [0.29, 0.717) is 12.2 Å². The summed E-state index contributed by atoms with van der Waals surface area (Å²) in [5.74, 6) is -0.530. The molecule has 5 nitrogen and oxygen atoms in total. The maximum Gasteiger partial charge on any atom is 0.325 e. The largest absolute Gasteiger partial charge is 0.460 e. The Balaban J connectivity index is 2.49. The van der Waals surface area contributed by atoms with E-state index in [9.17, 15) is 4.79 Å². The molecule has 0 aromatic carbocycles. The molecule has 2 atom stereocenters. The van der Waals surface area contributed by atoms with Crippen LogP contribution in [-0.4, -0.2) is 29.7 Å². The fourth-order valence-corrected chi connectivity index (χ4v) is 1.95. The Morgan fingerprint density at radius 2 is 2.00 bits per heavy atom. The molecule has 0 saturated carbocycles. The molecule has 2 N–H and O–H groups in total. The van der Waals surface area contributed by atoms with Crippen molar-refractivity contribution >= 4 is 29.2 Å². The topological polar surface area (TPSA) is 74.4 Å². The average Bonchev–Trinajstić information content (AvgIpc) is 2.40. The lowest BCUT2D eigenvalue weighted by Gasteiger charge is -2.19. The highest BCUT2D eigenvalue weighted by Crippen LogP contribution is 2.15. The third kappa shape index (κ3) is 5.63. The highest BCUT2D eigenvalue weighted by atomic mass is 35.5. The number of nitrogens with two attached hydrogens (primary N) is 1. The lowest BCUT2D eigenvalue weighted by molar-refractivity contribution is -0.150. The SMILES string of the molecule is CCCO[C@H](C)[C@H](N)C(=O)OCc1cc(Cl)nc(Cl)c1. The number of rotatable bonds is 7. The van der Waals surface area contributed by atoms with E-state index in [1.54, 1.807) is 19.1 Å². The number of esters is 1. The van der Waals surface area contributed by atoms with Crippen LogP contribution >= 0.6 is 23.2 Å². The first-order chi connectivity index (χ1) is 9.43. The van der Waals surface area contributed by atoms with Crippen molar-refractivity contribution in [3.63, 3.8) is 0 Å². The van der Waals surface area contributed by atoms with Crippen LogP contribution in [0.3, 0.4) is 0 Å². The average molecular weight is 321 g/mol. The first-order valence-electron chi connectivity index (χ1n) is 6.29. The molecular formula is C13H18Cl2N2O3. The summed E-state index contributed by atoms with van der Waals surface area (Å²) in [6, 6.07) is 2.32. The van der Waals surface area contributed by atoms with Crippen LogP contribution in [0.25, 0.3) is 0 Å². The quantitative estimate of drug-likeness (QED) is 0.617. The minimum Gasteiger partial charge on any atom is -0.460 e. The van der Waals surface area contributed by atoms with Gasteiger partial charge in [-0.25, -0.2) is 4.98 Å². The zero-order valence-electron chi connectivity index (χ0n) is 11.4. The molecule has 0 fully saturated rings. The van der Waals surface area contributed by atoms with Crippen LogP contribution in [0, 0.1) is 0 Å². The molecule has 0 unspecified atom stereocenters. The second-order valence-electron chi connectivity index (χ2n) is 4.33. The van der Waals surface area contributed by atoms with E-state index < -0.39 is 18.1 Å². The number of nitrogens with zero attached hydrogens (tertiary/aromatic N) is 1. The van der Waals surface area contributed by atoms with Gasteiger partial charge < -0.3 is 15.2 Å². The molecule has 0 amide bonds. The maximum absolute atomic E-state index is 11.8. The molecule has 0 bridgehead atoms. The molecule has 0 aliphatic rings. The normalized spacial score (nSPS) is 13.8. The highest BCUT2D eigenvalue weighted by Gasteiger charge is 2.22. The minimum absolute atomic E-state index is 0.0367. The van der Waals surface area contributed by atoms with Gasteiger partial charge >= 0.3 is 5.97 Å². The minimum atomic E-state index is -0.825. The molecule has 0 spiro atoms. The first-order valence-corrected chi connectivity index (χ1v) is 7.05. The van der Waals surface area contributed by atoms with Crippen molar-refractivity contribution in [2.45, 2.75) is 39.0 Å². The molecule has 7 heteroatoms. The van der Waals surface area contributed by atoms with E-state index in [1.165, 1.54) is 0 Å². The Hall–Kier alpha value is -0.880. The van der Waals surface area contributed by atoms with Gasteiger partial charge in [0.1, 0.15) is 23.0 Å². The van der Waals surface area contributed by atoms with E-state index >= 15 is 0 Å². The molecule has 1 aromatic rings. The second kappa shape index (κ2) is 8.42. The molecule has 0 saturated heterocycles. The zero-order valence-corrected chi connectivity index (χ0v) is 12.9. The predicted octanol–water partition coefficient (Wildman–Crippen LogP) is 2.57. The van der Waals surface area contributed by atoms with Crippen molar-refractivity contribution < 1.29 is 14.3 Å². The summed E-state index contributed by atoms with van der Waals surface area (Å²) < 4.78 is 10.5. The molecule has 1 heterocycles. The van der Waals surface area contributed by atoms with E-state index in [2.05, 4.69) is 4.98 Å². The smallest absolute Gasteiger partial charge is 0.325 e. The Kier molecular flexibility index (Phi) is 7.23. The van der Waals surface area contributed by atoms with Gasteiger partial charge in [-0.2, -0.15) is 0 Å². The Labute approximate surface area is 128 Å². The third-order valence-electron chi connectivity index (χ3n) is 2.57. The molecule has 1 aromatic heterocycles. The monoisotopic (exact) mass is 320 g/mol. The molecule has 112 valence electrons. The summed E-state index contributed by atoms with van der Waals surface area (Å²) >= 11 is 11.5. The first kappa shape index (κ1) is 17.2. The van der Waals surface area contributed by atoms with Gasteiger partial charge in [0.25, 0.3) is 0 Å². The fraction of sp³-hybridized carbons (Fsp3) is 0.538. The van der Waals surface area contributed by atoms with Crippen LogP contribution in [-0.2, 0) is 20.9 Å². The summed E-state index contributed by atoms with van der Waals surface area (Å²) in [5, 5.41) is 0.486.